The molecule has 1 aromatic heterocycles. The van der Waals surface area contributed by atoms with Crippen molar-refractivity contribution >= 4 is 26.5 Å². The van der Waals surface area contributed by atoms with Crippen LogP contribution in [0, 0.1) is 11.7 Å². The molecule has 5 rings (SSSR count). The molecule has 9 heteroatoms. The van der Waals surface area contributed by atoms with Crippen LogP contribution in [0.5, 0.6) is 5.75 Å². The lowest BCUT2D eigenvalue weighted by Gasteiger charge is -2.09. The number of sulfone groups is 1. The average Bonchev–Trinajstić information content (AvgIpc) is 3.38. The van der Waals surface area contributed by atoms with Crippen molar-refractivity contribution < 1.29 is 31.1 Å². The zero-order valence-corrected chi connectivity index (χ0v) is 19.9. The number of hydrogen-bond acceptors (Lipinski definition) is 4. The van der Waals surface area contributed by atoms with E-state index < -0.39 is 16.4 Å². The highest BCUT2D eigenvalue weighted by atomic mass is 32.2. The monoisotopic (exact) mass is 513 g/mol. The molecule has 1 aliphatic heterocycles. The smallest absolute Gasteiger partial charge is 0.387 e. The number of carbonyl (C=O) groups excluding carboxylic acids is 1. The molecule has 1 saturated heterocycles. The molecule has 0 spiro atoms. The van der Waals surface area contributed by atoms with Gasteiger partial charge in [-0.1, -0.05) is 24.3 Å². The van der Waals surface area contributed by atoms with Gasteiger partial charge in [-0.05, 0) is 60.4 Å². The maximum Gasteiger partial charge on any atom is 0.387 e. The molecule has 1 aliphatic rings. The highest BCUT2D eigenvalue weighted by Gasteiger charge is 2.29. The van der Waals surface area contributed by atoms with Crippen molar-refractivity contribution in [1.29, 1.82) is 0 Å². The molecule has 186 valence electrons. The van der Waals surface area contributed by atoms with Gasteiger partial charge in [0.2, 0.25) is 0 Å². The highest BCUT2D eigenvalue weighted by Crippen LogP contribution is 2.35. The Bertz CT molecular complexity index is 1530. The van der Waals surface area contributed by atoms with Gasteiger partial charge in [-0.15, -0.1) is 0 Å². The van der Waals surface area contributed by atoms with Crippen LogP contribution >= 0.6 is 0 Å². The molecule has 4 aromatic rings. The van der Waals surface area contributed by atoms with Gasteiger partial charge < -0.3 is 9.30 Å². The molecular weight excluding hydrogens is 491 g/mol. The number of fused-ring (bicyclic) bond motifs is 1. The Morgan fingerprint density at radius 2 is 1.75 bits per heavy atom. The molecule has 5 nitrogen and oxygen atoms in total. The molecule has 0 bridgehead atoms. The van der Waals surface area contributed by atoms with E-state index in [9.17, 15) is 26.4 Å². The van der Waals surface area contributed by atoms with Gasteiger partial charge in [0.1, 0.15) is 11.6 Å². The fraction of sp³-hybridized carbons (Fsp3) is 0.222. The molecule has 0 amide bonds. The number of hydrogen-bond donors (Lipinski definition) is 0. The second-order valence-electron chi connectivity index (χ2n) is 8.92. The lowest BCUT2D eigenvalue weighted by Crippen LogP contribution is -2.10. The summed E-state index contributed by atoms with van der Waals surface area (Å²) >= 11 is 0. The van der Waals surface area contributed by atoms with Crippen molar-refractivity contribution in [2.75, 3.05) is 11.5 Å². The van der Waals surface area contributed by atoms with Crippen LogP contribution < -0.4 is 4.74 Å². The number of alkyl halides is 2. The quantitative estimate of drug-likeness (QED) is 0.283. The van der Waals surface area contributed by atoms with Gasteiger partial charge in [0, 0.05) is 34.8 Å². The van der Waals surface area contributed by atoms with Gasteiger partial charge >= 0.3 is 6.61 Å². The molecule has 0 aliphatic carbocycles. The average molecular weight is 514 g/mol. The predicted molar refractivity (Wildman–Crippen MR) is 131 cm³/mol. The largest absolute Gasteiger partial charge is 0.435 e. The number of halogens is 3. The topological polar surface area (TPSA) is 65.4 Å². The molecule has 1 unspecified atom stereocenters. The summed E-state index contributed by atoms with van der Waals surface area (Å²) in [6.45, 7) is -2.92. The summed E-state index contributed by atoms with van der Waals surface area (Å²) in [4.78, 5) is 13.0. The van der Waals surface area contributed by atoms with Crippen LogP contribution in [0.3, 0.4) is 0 Å². The number of nitrogens with zero attached hydrogens (tertiary/aromatic N) is 1. The first-order valence-electron chi connectivity index (χ1n) is 11.4. The number of ether oxygens (including phenoxy) is 1. The van der Waals surface area contributed by atoms with E-state index in [2.05, 4.69) is 4.74 Å². The maximum atomic E-state index is 13.6. The third-order valence-corrected chi connectivity index (χ3v) is 8.26. The summed E-state index contributed by atoms with van der Waals surface area (Å²) in [6.07, 6.45) is 2.48. The minimum Gasteiger partial charge on any atom is -0.435 e. The summed E-state index contributed by atoms with van der Waals surface area (Å²) in [6, 6.07) is 17.4. The highest BCUT2D eigenvalue weighted by molar-refractivity contribution is 7.91. The normalized spacial score (nSPS) is 17.1. The first kappa shape index (κ1) is 24.1. The molecule has 0 N–H and O–H groups in total. The van der Waals surface area contributed by atoms with Gasteiger partial charge in [-0.25, -0.2) is 12.8 Å². The number of carbonyl (C=O) groups is 1. The summed E-state index contributed by atoms with van der Waals surface area (Å²) < 4.78 is 68.5. The van der Waals surface area contributed by atoms with Crippen LogP contribution in [0.15, 0.2) is 72.9 Å². The Balaban J connectivity index is 1.55. The first-order valence-corrected chi connectivity index (χ1v) is 13.2. The summed E-state index contributed by atoms with van der Waals surface area (Å²) in [5.74, 6) is -0.526. The predicted octanol–water partition coefficient (Wildman–Crippen LogP) is 6.05. The van der Waals surface area contributed by atoms with E-state index in [1.165, 1.54) is 24.3 Å². The third kappa shape index (κ3) is 5.02. The molecule has 0 saturated carbocycles. The number of Topliss-reactive ketones (excluding diaryl/α,β-unsaturated/α-hetero) is 1. The Hall–Kier alpha value is -3.59. The van der Waals surface area contributed by atoms with Gasteiger partial charge in [-0.2, -0.15) is 8.78 Å². The van der Waals surface area contributed by atoms with Crippen molar-refractivity contribution in [2.24, 2.45) is 5.92 Å². The first-order chi connectivity index (χ1) is 17.2. The van der Waals surface area contributed by atoms with Crippen LogP contribution in [0.2, 0.25) is 0 Å². The fourth-order valence-corrected chi connectivity index (χ4v) is 6.54. The van der Waals surface area contributed by atoms with Gasteiger partial charge in [0.15, 0.2) is 15.6 Å². The Labute approximate surface area is 206 Å². The van der Waals surface area contributed by atoms with E-state index in [0.29, 0.717) is 23.2 Å². The zero-order chi connectivity index (χ0) is 25.4. The van der Waals surface area contributed by atoms with Crippen molar-refractivity contribution in [3.05, 3.63) is 84.3 Å². The number of aromatic nitrogens is 1. The van der Waals surface area contributed by atoms with Crippen LogP contribution in [-0.2, 0) is 9.84 Å². The summed E-state index contributed by atoms with van der Waals surface area (Å²) in [5, 5.41) is 0.807. The molecule has 0 radical (unpaired) electrons. The lowest BCUT2D eigenvalue weighted by molar-refractivity contribution is -0.0498. The second kappa shape index (κ2) is 9.46. The third-order valence-electron chi connectivity index (χ3n) is 6.42. The van der Waals surface area contributed by atoms with Crippen molar-refractivity contribution in [1.82, 2.24) is 4.57 Å². The standard InChI is InChI=1S/C27H22F3NO4S/c28-20-4-6-21(7-5-20)31-15-24(18-1-8-22(9-2-18)35-27(29)30)23-10-3-19(14-25(23)31)26(32)13-17-11-12-36(33,34)16-17/h1-10,14-15,17,27H,11-13,16H2. The Morgan fingerprint density at radius 3 is 2.39 bits per heavy atom. The number of rotatable bonds is 7. The minimum absolute atomic E-state index is 0.0301. The Kier molecular flexibility index (Phi) is 6.34. The van der Waals surface area contributed by atoms with E-state index in [4.69, 9.17) is 0 Å². The fourth-order valence-electron chi connectivity index (χ4n) is 4.67. The van der Waals surface area contributed by atoms with Gasteiger partial charge in [-0.3, -0.25) is 4.79 Å². The van der Waals surface area contributed by atoms with E-state index in [1.807, 2.05) is 16.8 Å². The van der Waals surface area contributed by atoms with Gasteiger partial charge in [0.25, 0.3) is 0 Å². The summed E-state index contributed by atoms with van der Waals surface area (Å²) in [7, 11) is -3.08. The molecule has 36 heavy (non-hydrogen) atoms. The van der Waals surface area contributed by atoms with E-state index in [-0.39, 0.29) is 41.2 Å². The summed E-state index contributed by atoms with van der Waals surface area (Å²) in [5.41, 5.74) is 3.38. The molecule has 1 fully saturated rings. The molecule has 1 atom stereocenters. The van der Waals surface area contributed by atoms with E-state index >= 15 is 0 Å². The van der Waals surface area contributed by atoms with Crippen LogP contribution in [0.4, 0.5) is 13.2 Å². The van der Waals surface area contributed by atoms with Gasteiger partial charge in [0.05, 0.1) is 17.0 Å². The van der Waals surface area contributed by atoms with Crippen LogP contribution in [0.1, 0.15) is 23.2 Å². The number of benzene rings is 3. The Morgan fingerprint density at radius 1 is 1.03 bits per heavy atom. The van der Waals surface area contributed by atoms with Crippen molar-refractivity contribution in [2.45, 2.75) is 19.5 Å². The number of ketones is 1. The maximum absolute atomic E-state index is 13.6. The van der Waals surface area contributed by atoms with Crippen molar-refractivity contribution in [3.8, 4) is 22.6 Å². The van der Waals surface area contributed by atoms with Crippen LogP contribution in [-0.4, -0.2) is 36.9 Å². The SMILES string of the molecule is O=C(CC1CCS(=O)(=O)C1)c1ccc2c(-c3ccc(OC(F)F)cc3)cn(-c3ccc(F)cc3)c2c1. The van der Waals surface area contributed by atoms with Crippen molar-refractivity contribution in [3.63, 3.8) is 0 Å². The molecule has 3 aromatic carbocycles. The molecule has 2 heterocycles. The molecular formula is C27H22F3NO4S. The van der Waals surface area contributed by atoms with E-state index in [0.717, 1.165) is 16.5 Å². The zero-order valence-electron chi connectivity index (χ0n) is 19.0. The lowest BCUT2D eigenvalue weighted by atomic mass is 9.96. The second-order valence-corrected chi connectivity index (χ2v) is 11.1. The van der Waals surface area contributed by atoms with Crippen LogP contribution in [0.25, 0.3) is 27.7 Å². The van der Waals surface area contributed by atoms with E-state index in [1.54, 1.807) is 36.4 Å². The minimum atomic E-state index is -3.08.